The summed E-state index contributed by atoms with van der Waals surface area (Å²) >= 11 is 7.40. The number of hydrogen-bond donors (Lipinski definition) is 3. The number of hydrogen-bond acceptors (Lipinski definition) is 9. The summed E-state index contributed by atoms with van der Waals surface area (Å²) in [4.78, 5) is 30.4. The van der Waals surface area contributed by atoms with Crippen LogP contribution in [0.4, 0.5) is 16.0 Å². The van der Waals surface area contributed by atoms with E-state index < -0.39 is 23.7 Å². The maximum absolute atomic E-state index is 14.4. The molecule has 10 nitrogen and oxygen atoms in total. The van der Waals surface area contributed by atoms with Gasteiger partial charge in [0.1, 0.15) is 11.9 Å². The summed E-state index contributed by atoms with van der Waals surface area (Å²) in [7, 11) is 1.43. The molecular weight excluding hydrogens is 597 g/mol. The molecule has 4 aromatic rings. The molecule has 5 rings (SSSR count). The number of nitrogens with one attached hydrogen (secondary N) is 2. The predicted octanol–water partition coefficient (Wildman–Crippen LogP) is 6.18. The number of phenols is 1. The lowest BCUT2D eigenvalue weighted by Gasteiger charge is -2.29. The summed E-state index contributed by atoms with van der Waals surface area (Å²) in [6.07, 6.45) is 0. The Kier molecular flexibility index (Phi) is 8.88. The minimum absolute atomic E-state index is 0.0644. The predicted molar refractivity (Wildman–Crippen MR) is 161 cm³/mol. The fourth-order valence-corrected chi connectivity index (χ4v) is 5.74. The van der Waals surface area contributed by atoms with E-state index in [4.69, 9.17) is 21.1 Å². The van der Waals surface area contributed by atoms with Gasteiger partial charge in [0.15, 0.2) is 11.5 Å². The molecule has 3 aromatic carbocycles. The van der Waals surface area contributed by atoms with Crippen LogP contribution in [0.1, 0.15) is 41.4 Å². The molecule has 0 unspecified atom stereocenters. The van der Waals surface area contributed by atoms with Crippen molar-refractivity contribution in [3.05, 3.63) is 99.5 Å². The Morgan fingerprint density at radius 2 is 1.95 bits per heavy atom. The second kappa shape index (κ2) is 12.8. The molecule has 222 valence electrons. The number of allylic oxidation sites excluding steroid dienone is 1. The second-order valence-corrected chi connectivity index (χ2v) is 10.8. The number of benzene rings is 3. The standard InChI is InChI=1S/C30H27ClFN5O5S/c1-4-42-28(40)17-8-11-19(12-9-17)34-27(39)25-16(2)33-29-35-30(43-15-20-21(31)6-5-7-22(20)32)36-37(29)26(25)18-10-13-23(38)24(14-18)41-3/h5-14,26,38H,4,15H2,1-3H3,(H,34,39)(H,33,35,36)/t26-/m1/s1. The van der Waals surface area contributed by atoms with Crippen LogP contribution >= 0.6 is 23.4 Å². The molecule has 1 amide bonds. The third-order valence-corrected chi connectivity index (χ3v) is 7.88. The lowest BCUT2D eigenvalue weighted by Crippen LogP contribution is -2.31. The molecule has 1 aliphatic heterocycles. The van der Waals surface area contributed by atoms with Gasteiger partial charge in [0.25, 0.3) is 5.91 Å². The van der Waals surface area contributed by atoms with Gasteiger partial charge in [-0.3, -0.25) is 4.79 Å². The number of rotatable bonds is 9. The molecule has 0 aliphatic carbocycles. The smallest absolute Gasteiger partial charge is 0.338 e. The first-order valence-corrected chi connectivity index (χ1v) is 14.5. The van der Waals surface area contributed by atoms with Crippen molar-refractivity contribution in [2.45, 2.75) is 30.8 Å². The highest BCUT2D eigenvalue weighted by Crippen LogP contribution is 2.40. The van der Waals surface area contributed by atoms with Crippen LogP contribution in [0, 0.1) is 5.82 Å². The highest BCUT2D eigenvalue weighted by molar-refractivity contribution is 7.98. The first kappa shape index (κ1) is 29.9. The van der Waals surface area contributed by atoms with Gasteiger partial charge in [-0.05, 0) is 67.9 Å². The van der Waals surface area contributed by atoms with Gasteiger partial charge in [-0.2, -0.15) is 4.98 Å². The maximum atomic E-state index is 14.4. The molecule has 2 heterocycles. The van der Waals surface area contributed by atoms with Crippen LogP contribution < -0.4 is 15.4 Å². The maximum Gasteiger partial charge on any atom is 0.338 e. The quantitative estimate of drug-likeness (QED) is 0.148. The number of methoxy groups -OCH3 is 1. The zero-order chi connectivity index (χ0) is 30.7. The summed E-state index contributed by atoms with van der Waals surface area (Å²) in [5.74, 6) is -0.608. The van der Waals surface area contributed by atoms with E-state index in [2.05, 4.69) is 20.7 Å². The van der Waals surface area contributed by atoms with Crippen molar-refractivity contribution in [1.82, 2.24) is 14.8 Å². The zero-order valence-electron chi connectivity index (χ0n) is 23.4. The number of halogens is 2. The van der Waals surface area contributed by atoms with E-state index in [0.29, 0.717) is 49.8 Å². The van der Waals surface area contributed by atoms with E-state index in [0.717, 1.165) is 0 Å². The molecule has 1 atom stereocenters. The molecule has 0 fully saturated rings. The summed E-state index contributed by atoms with van der Waals surface area (Å²) in [5, 5.41) is 21.6. The molecule has 1 aromatic heterocycles. The van der Waals surface area contributed by atoms with Crippen LogP contribution in [0.2, 0.25) is 5.02 Å². The Morgan fingerprint density at radius 3 is 2.65 bits per heavy atom. The molecule has 0 radical (unpaired) electrons. The number of esters is 1. The first-order valence-electron chi connectivity index (χ1n) is 13.2. The largest absolute Gasteiger partial charge is 0.504 e. The number of fused-ring (bicyclic) bond motifs is 1. The molecule has 1 aliphatic rings. The molecule has 13 heteroatoms. The fourth-order valence-electron chi connectivity index (χ4n) is 4.57. The highest BCUT2D eigenvalue weighted by atomic mass is 35.5. The third kappa shape index (κ3) is 6.30. The minimum atomic E-state index is -0.775. The Hall–Kier alpha value is -4.55. The third-order valence-electron chi connectivity index (χ3n) is 6.66. The minimum Gasteiger partial charge on any atom is -0.504 e. The summed E-state index contributed by atoms with van der Waals surface area (Å²) in [6, 6.07) is 14.8. The number of anilines is 2. The van der Waals surface area contributed by atoms with E-state index in [1.165, 1.54) is 37.1 Å². The van der Waals surface area contributed by atoms with Crippen LogP contribution in [0.15, 0.2) is 77.1 Å². The van der Waals surface area contributed by atoms with Gasteiger partial charge in [0.2, 0.25) is 11.1 Å². The van der Waals surface area contributed by atoms with Gasteiger partial charge >= 0.3 is 5.97 Å². The van der Waals surface area contributed by atoms with E-state index in [-0.39, 0.29) is 23.9 Å². The van der Waals surface area contributed by atoms with Crippen molar-refractivity contribution >= 4 is 46.9 Å². The Bertz CT molecular complexity index is 1710. The van der Waals surface area contributed by atoms with Gasteiger partial charge in [0, 0.05) is 27.7 Å². The lowest BCUT2D eigenvalue weighted by atomic mass is 9.94. The van der Waals surface area contributed by atoms with E-state index in [9.17, 15) is 19.1 Å². The van der Waals surface area contributed by atoms with Gasteiger partial charge in [-0.1, -0.05) is 35.5 Å². The Morgan fingerprint density at radius 1 is 1.19 bits per heavy atom. The van der Waals surface area contributed by atoms with Crippen molar-refractivity contribution in [2.24, 2.45) is 0 Å². The topological polar surface area (TPSA) is 128 Å². The molecule has 3 N–H and O–H groups in total. The number of amides is 1. The van der Waals surface area contributed by atoms with Crippen LogP contribution in [0.3, 0.4) is 0 Å². The van der Waals surface area contributed by atoms with Crippen LogP contribution in [-0.2, 0) is 15.3 Å². The van der Waals surface area contributed by atoms with Gasteiger partial charge < -0.3 is 25.2 Å². The first-order chi connectivity index (χ1) is 20.7. The van der Waals surface area contributed by atoms with E-state index >= 15 is 0 Å². The van der Waals surface area contributed by atoms with Gasteiger partial charge in [-0.15, -0.1) is 5.10 Å². The molecule has 43 heavy (non-hydrogen) atoms. The van der Waals surface area contributed by atoms with Crippen molar-refractivity contribution in [3.8, 4) is 11.5 Å². The number of phenolic OH excluding ortho intramolecular Hbond substituents is 1. The molecule has 0 spiro atoms. The number of aromatic nitrogens is 3. The van der Waals surface area contributed by atoms with Crippen molar-refractivity contribution in [1.29, 1.82) is 0 Å². The van der Waals surface area contributed by atoms with Crippen molar-refractivity contribution in [3.63, 3.8) is 0 Å². The van der Waals surface area contributed by atoms with Gasteiger partial charge in [0.05, 0.1) is 24.9 Å². The van der Waals surface area contributed by atoms with Crippen LogP contribution in [0.25, 0.3) is 0 Å². The summed E-state index contributed by atoms with van der Waals surface area (Å²) in [6.45, 7) is 3.72. The number of thioether (sulfide) groups is 1. The average Bonchev–Trinajstić information content (AvgIpc) is 3.39. The normalized spacial score (nSPS) is 14.1. The van der Waals surface area contributed by atoms with Gasteiger partial charge in [-0.25, -0.2) is 13.9 Å². The Balaban J connectivity index is 1.48. The van der Waals surface area contributed by atoms with E-state index in [1.807, 2.05) is 0 Å². The van der Waals surface area contributed by atoms with E-state index in [1.54, 1.807) is 61.0 Å². The Labute approximate surface area is 255 Å². The number of carbonyl (C=O) groups is 2. The number of carbonyl (C=O) groups excluding carboxylic acids is 2. The second-order valence-electron chi connectivity index (χ2n) is 9.40. The molecule has 0 saturated carbocycles. The SMILES string of the molecule is CCOC(=O)c1ccc(NC(=O)C2=C(C)Nc3nc(SCc4c(F)cccc4Cl)nn3[C@@H]2c2ccc(O)c(OC)c2)cc1. The molecule has 0 saturated heterocycles. The van der Waals surface area contributed by atoms with Crippen molar-refractivity contribution < 1.29 is 28.6 Å². The molecular formula is C30H27ClFN5O5S. The fraction of sp³-hybridized carbons (Fsp3) is 0.200. The lowest BCUT2D eigenvalue weighted by molar-refractivity contribution is -0.113. The van der Waals surface area contributed by atoms with Crippen LogP contribution in [-0.4, -0.2) is 45.5 Å². The van der Waals surface area contributed by atoms with Crippen molar-refractivity contribution in [2.75, 3.05) is 24.4 Å². The number of ether oxygens (including phenoxy) is 2. The average molecular weight is 624 g/mol. The zero-order valence-corrected chi connectivity index (χ0v) is 24.9. The number of aromatic hydroxyl groups is 1. The molecule has 0 bridgehead atoms. The highest BCUT2D eigenvalue weighted by Gasteiger charge is 2.35. The monoisotopic (exact) mass is 623 g/mol. The summed E-state index contributed by atoms with van der Waals surface area (Å²) in [5.41, 5.74) is 2.59. The van der Waals surface area contributed by atoms with Crippen LogP contribution in [0.5, 0.6) is 11.5 Å². The number of nitrogens with zero attached hydrogens (tertiary/aromatic N) is 3. The summed E-state index contributed by atoms with van der Waals surface area (Å²) < 4.78 is 26.3.